The van der Waals surface area contributed by atoms with Gasteiger partial charge in [0.25, 0.3) is 0 Å². The van der Waals surface area contributed by atoms with Crippen molar-refractivity contribution in [2.24, 2.45) is 0 Å². The summed E-state index contributed by atoms with van der Waals surface area (Å²) in [5.74, 6) is -0.354. The molecular formula is C21H23FN2O3. The van der Waals surface area contributed by atoms with Crippen molar-refractivity contribution in [1.29, 1.82) is 0 Å². The van der Waals surface area contributed by atoms with Gasteiger partial charge >= 0.3 is 6.09 Å². The number of carbonyl (C=O) groups is 2. The summed E-state index contributed by atoms with van der Waals surface area (Å²) in [6.07, 6.45) is -0.334. The molecule has 1 amide bonds. The predicted molar refractivity (Wildman–Crippen MR) is 100 cm³/mol. The molecule has 2 aromatic carbocycles. The Balaban J connectivity index is 1.44. The van der Waals surface area contributed by atoms with E-state index in [0.717, 1.165) is 5.56 Å². The first-order valence-corrected chi connectivity index (χ1v) is 9.00. The first-order chi connectivity index (χ1) is 13.0. The molecule has 1 aliphatic rings. The van der Waals surface area contributed by atoms with Gasteiger partial charge < -0.3 is 9.64 Å². The minimum absolute atomic E-state index is 0.0433. The lowest BCUT2D eigenvalue weighted by Gasteiger charge is -2.33. The lowest BCUT2D eigenvalue weighted by Crippen LogP contribution is -2.50. The maximum Gasteiger partial charge on any atom is 0.410 e. The summed E-state index contributed by atoms with van der Waals surface area (Å²) in [4.78, 5) is 28.2. The van der Waals surface area contributed by atoms with Gasteiger partial charge in [-0.2, -0.15) is 0 Å². The predicted octanol–water partition coefficient (Wildman–Crippen LogP) is 3.27. The minimum Gasteiger partial charge on any atom is -0.445 e. The number of benzene rings is 2. The molecule has 5 nitrogen and oxygen atoms in total. The monoisotopic (exact) mass is 370 g/mol. The smallest absolute Gasteiger partial charge is 0.410 e. The van der Waals surface area contributed by atoms with Crippen LogP contribution < -0.4 is 0 Å². The molecule has 0 saturated carbocycles. The van der Waals surface area contributed by atoms with Crippen LogP contribution in [0, 0.1) is 12.7 Å². The van der Waals surface area contributed by atoms with Gasteiger partial charge in [0, 0.05) is 31.7 Å². The van der Waals surface area contributed by atoms with E-state index in [1.54, 1.807) is 17.9 Å². The fourth-order valence-electron chi connectivity index (χ4n) is 3.01. The standard InChI is InChI=1S/C21H23FN2O3/c1-16-13-18(7-8-19(16)22)20(25)14-23-9-11-24(12-10-23)21(26)27-15-17-5-3-2-4-6-17/h2-8,13H,9-12,14-15H2,1H3. The Kier molecular flexibility index (Phi) is 6.19. The molecule has 1 heterocycles. The maximum atomic E-state index is 13.3. The number of piperazine rings is 1. The molecule has 2 aromatic rings. The van der Waals surface area contributed by atoms with E-state index in [9.17, 15) is 14.0 Å². The Morgan fingerprint density at radius 1 is 1.04 bits per heavy atom. The zero-order valence-corrected chi connectivity index (χ0v) is 15.4. The Morgan fingerprint density at radius 3 is 2.41 bits per heavy atom. The number of rotatable bonds is 5. The van der Waals surface area contributed by atoms with Crippen LogP contribution in [0.15, 0.2) is 48.5 Å². The number of Topliss-reactive ketones (excluding diaryl/α,β-unsaturated/α-hetero) is 1. The van der Waals surface area contributed by atoms with Gasteiger partial charge in [0.05, 0.1) is 6.54 Å². The highest BCUT2D eigenvalue weighted by Crippen LogP contribution is 2.12. The van der Waals surface area contributed by atoms with Crippen molar-refractivity contribution in [2.45, 2.75) is 13.5 Å². The number of nitrogens with zero attached hydrogens (tertiary/aromatic N) is 2. The third-order valence-corrected chi connectivity index (χ3v) is 4.68. The van der Waals surface area contributed by atoms with Crippen molar-refractivity contribution >= 4 is 11.9 Å². The number of amides is 1. The Bertz CT molecular complexity index is 802. The van der Waals surface area contributed by atoms with E-state index in [2.05, 4.69) is 0 Å². The SMILES string of the molecule is Cc1cc(C(=O)CN2CCN(C(=O)OCc3ccccc3)CC2)ccc1F. The summed E-state index contributed by atoms with van der Waals surface area (Å²) in [5, 5.41) is 0. The van der Waals surface area contributed by atoms with Crippen molar-refractivity contribution in [3.63, 3.8) is 0 Å². The number of carbonyl (C=O) groups excluding carboxylic acids is 2. The summed E-state index contributed by atoms with van der Waals surface area (Å²) in [6.45, 7) is 4.40. The second-order valence-corrected chi connectivity index (χ2v) is 6.69. The van der Waals surface area contributed by atoms with Gasteiger partial charge in [0.2, 0.25) is 0 Å². The van der Waals surface area contributed by atoms with Gasteiger partial charge in [-0.15, -0.1) is 0 Å². The van der Waals surface area contributed by atoms with Crippen LogP contribution in [-0.2, 0) is 11.3 Å². The van der Waals surface area contributed by atoms with Crippen LogP contribution in [0.25, 0.3) is 0 Å². The molecule has 0 bridgehead atoms. The lowest BCUT2D eigenvalue weighted by atomic mass is 10.1. The number of halogens is 1. The zero-order chi connectivity index (χ0) is 19.2. The second kappa shape index (κ2) is 8.77. The lowest BCUT2D eigenvalue weighted by molar-refractivity contribution is 0.0678. The summed E-state index contributed by atoms with van der Waals surface area (Å²) in [6, 6.07) is 14.0. The first kappa shape index (κ1) is 19.0. The van der Waals surface area contributed by atoms with Crippen molar-refractivity contribution in [3.05, 3.63) is 71.0 Å². The Labute approximate surface area is 158 Å². The molecule has 0 unspecified atom stereocenters. The maximum absolute atomic E-state index is 13.3. The summed E-state index contributed by atoms with van der Waals surface area (Å²) >= 11 is 0. The van der Waals surface area contributed by atoms with E-state index in [1.165, 1.54) is 12.1 Å². The first-order valence-electron chi connectivity index (χ1n) is 9.00. The molecule has 0 atom stereocenters. The van der Waals surface area contributed by atoms with E-state index >= 15 is 0 Å². The third-order valence-electron chi connectivity index (χ3n) is 4.68. The molecule has 0 aliphatic carbocycles. The average Bonchev–Trinajstić information content (AvgIpc) is 2.69. The van der Waals surface area contributed by atoms with Gasteiger partial charge in [-0.1, -0.05) is 30.3 Å². The fourth-order valence-corrected chi connectivity index (χ4v) is 3.01. The van der Waals surface area contributed by atoms with E-state index in [4.69, 9.17) is 4.74 Å². The summed E-state index contributed by atoms with van der Waals surface area (Å²) in [5.41, 5.74) is 1.93. The van der Waals surface area contributed by atoms with Crippen LogP contribution in [0.2, 0.25) is 0 Å². The van der Waals surface area contributed by atoms with Crippen LogP contribution in [0.5, 0.6) is 0 Å². The molecule has 27 heavy (non-hydrogen) atoms. The van der Waals surface area contributed by atoms with Gasteiger partial charge in [-0.25, -0.2) is 9.18 Å². The molecule has 3 rings (SSSR count). The number of ketones is 1. The third kappa shape index (κ3) is 5.14. The van der Waals surface area contributed by atoms with Crippen molar-refractivity contribution in [1.82, 2.24) is 9.80 Å². The molecule has 0 spiro atoms. The molecular weight excluding hydrogens is 347 g/mol. The highest BCUT2D eigenvalue weighted by molar-refractivity contribution is 5.97. The van der Waals surface area contributed by atoms with Gasteiger partial charge in [0.1, 0.15) is 12.4 Å². The fraction of sp³-hybridized carbons (Fsp3) is 0.333. The highest BCUT2D eigenvalue weighted by Gasteiger charge is 2.23. The zero-order valence-electron chi connectivity index (χ0n) is 15.4. The number of hydrogen-bond acceptors (Lipinski definition) is 4. The number of hydrogen-bond donors (Lipinski definition) is 0. The van der Waals surface area contributed by atoms with Gasteiger partial charge in [-0.3, -0.25) is 9.69 Å². The largest absolute Gasteiger partial charge is 0.445 e. The molecule has 1 fully saturated rings. The topological polar surface area (TPSA) is 49.9 Å². The molecule has 0 aromatic heterocycles. The normalized spacial score (nSPS) is 14.8. The summed E-state index contributed by atoms with van der Waals surface area (Å²) < 4.78 is 18.7. The molecule has 0 N–H and O–H groups in total. The summed E-state index contributed by atoms with van der Waals surface area (Å²) in [7, 11) is 0. The molecule has 1 saturated heterocycles. The van der Waals surface area contributed by atoms with E-state index in [-0.39, 0.29) is 30.8 Å². The van der Waals surface area contributed by atoms with Crippen molar-refractivity contribution in [2.75, 3.05) is 32.7 Å². The van der Waals surface area contributed by atoms with E-state index < -0.39 is 0 Å². The number of ether oxygens (including phenoxy) is 1. The highest BCUT2D eigenvalue weighted by atomic mass is 19.1. The quantitative estimate of drug-likeness (QED) is 0.758. The van der Waals surface area contributed by atoms with E-state index in [1.807, 2.05) is 35.2 Å². The van der Waals surface area contributed by atoms with E-state index in [0.29, 0.717) is 37.3 Å². The molecule has 1 aliphatic heterocycles. The Hall–Kier alpha value is -2.73. The van der Waals surface area contributed by atoms with Crippen molar-refractivity contribution in [3.8, 4) is 0 Å². The van der Waals surface area contributed by atoms with Crippen LogP contribution in [0.3, 0.4) is 0 Å². The molecule has 142 valence electrons. The molecule has 6 heteroatoms. The Morgan fingerprint density at radius 2 is 1.74 bits per heavy atom. The van der Waals surface area contributed by atoms with Crippen LogP contribution in [0.1, 0.15) is 21.5 Å². The van der Waals surface area contributed by atoms with Crippen molar-refractivity contribution < 1.29 is 18.7 Å². The van der Waals surface area contributed by atoms with Gasteiger partial charge in [0.15, 0.2) is 5.78 Å². The minimum atomic E-state index is -0.334. The average molecular weight is 370 g/mol. The van der Waals surface area contributed by atoms with Gasteiger partial charge in [-0.05, 0) is 36.2 Å². The van der Waals surface area contributed by atoms with Crippen LogP contribution in [0.4, 0.5) is 9.18 Å². The van der Waals surface area contributed by atoms with Crippen LogP contribution in [-0.4, -0.2) is 54.4 Å². The number of aryl methyl sites for hydroxylation is 1. The van der Waals surface area contributed by atoms with Crippen LogP contribution >= 0.6 is 0 Å². The second-order valence-electron chi connectivity index (χ2n) is 6.69. The molecule has 0 radical (unpaired) electrons.